The Hall–Kier alpha value is -2.04. The van der Waals surface area contributed by atoms with Crippen LogP contribution in [0.1, 0.15) is 17.2 Å². The smallest absolute Gasteiger partial charge is 0.118 e. The molecule has 2 aromatic carbocycles. The molecule has 0 saturated carbocycles. The number of methoxy groups -OCH3 is 1. The summed E-state index contributed by atoms with van der Waals surface area (Å²) in [4.78, 5) is 4.75. The Morgan fingerprint density at radius 2 is 1.75 bits per heavy atom. The lowest BCUT2D eigenvalue weighted by molar-refractivity contribution is 0.109. The standard InChI is InChI=1S/C20H26N2O2/c1-16-4-3-5-18(14-16)22-12-10-21(11-13-22)15-20(23)17-6-8-19(24-2)9-7-17/h3-9,14,20,23H,10-13,15H2,1-2H3/t20-/m1/s1. The average molecular weight is 326 g/mol. The Balaban J connectivity index is 1.53. The molecule has 4 heteroatoms. The number of aliphatic hydroxyl groups excluding tert-OH is 1. The zero-order valence-corrected chi connectivity index (χ0v) is 14.5. The summed E-state index contributed by atoms with van der Waals surface area (Å²) in [6.07, 6.45) is -0.457. The van der Waals surface area contributed by atoms with Crippen molar-refractivity contribution in [2.75, 3.05) is 44.7 Å². The number of hydrogen-bond donors (Lipinski definition) is 1. The van der Waals surface area contributed by atoms with E-state index in [1.807, 2.05) is 24.3 Å². The highest BCUT2D eigenvalue weighted by molar-refractivity contribution is 5.48. The lowest BCUT2D eigenvalue weighted by atomic mass is 10.1. The molecule has 1 aliphatic heterocycles. The summed E-state index contributed by atoms with van der Waals surface area (Å²) in [5.41, 5.74) is 3.53. The molecule has 0 amide bonds. The van der Waals surface area contributed by atoms with Gasteiger partial charge in [-0.25, -0.2) is 0 Å². The van der Waals surface area contributed by atoms with Gasteiger partial charge in [0.05, 0.1) is 13.2 Å². The van der Waals surface area contributed by atoms with Gasteiger partial charge in [-0.1, -0.05) is 24.3 Å². The number of piperazine rings is 1. The molecule has 0 aliphatic carbocycles. The molecule has 1 aliphatic rings. The highest BCUT2D eigenvalue weighted by Crippen LogP contribution is 2.21. The van der Waals surface area contributed by atoms with Gasteiger partial charge in [-0.3, -0.25) is 4.90 Å². The first kappa shape index (κ1) is 16.8. The second-order valence-electron chi connectivity index (χ2n) is 6.42. The molecule has 1 heterocycles. The van der Waals surface area contributed by atoms with Crippen LogP contribution in [0.25, 0.3) is 0 Å². The van der Waals surface area contributed by atoms with Gasteiger partial charge in [0.15, 0.2) is 0 Å². The molecule has 1 N–H and O–H groups in total. The monoisotopic (exact) mass is 326 g/mol. The van der Waals surface area contributed by atoms with E-state index >= 15 is 0 Å². The fourth-order valence-electron chi connectivity index (χ4n) is 3.19. The van der Waals surface area contributed by atoms with Crippen molar-refractivity contribution in [2.45, 2.75) is 13.0 Å². The van der Waals surface area contributed by atoms with Crippen LogP contribution >= 0.6 is 0 Å². The number of β-amino-alcohol motifs (C(OH)–C–C–N with tert-alkyl or cyclic N) is 1. The maximum Gasteiger partial charge on any atom is 0.118 e. The Morgan fingerprint density at radius 3 is 2.38 bits per heavy atom. The van der Waals surface area contributed by atoms with Gasteiger partial charge in [0, 0.05) is 38.4 Å². The highest BCUT2D eigenvalue weighted by Gasteiger charge is 2.20. The van der Waals surface area contributed by atoms with Gasteiger partial charge >= 0.3 is 0 Å². The van der Waals surface area contributed by atoms with Crippen LogP contribution in [0.3, 0.4) is 0 Å². The lowest BCUT2D eigenvalue weighted by Crippen LogP contribution is -2.47. The number of aliphatic hydroxyl groups is 1. The first-order valence-electron chi connectivity index (χ1n) is 8.51. The Bertz CT molecular complexity index is 649. The van der Waals surface area contributed by atoms with Crippen LogP contribution < -0.4 is 9.64 Å². The Labute approximate surface area is 144 Å². The number of ether oxygens (including phenoxy) is 1. The summed E-state index contributed by atoms with van der Waals surface area (Å²) in [5.74, 6) is 0.817. The third kappa shape index (κ3) is 4.08. The van der Waals surface area contributed by atoms with Crippen molar-refractivity contribution < 1.29 is 9.84 Å². The topological polar surface area (TPSA) is 35.9 Å². The van der Waals surface area contributed by atoms with Crippen LogP contribution in [0.5, 0.6) is 5.75 Å². The van der Waals surface area contributed by atoms with Crippen LogP contribution in [-0.4, -0.2) is 49.8 Å². The number of rotatable bonds is 5. The molecule has 0 spiro atoms. The first-order valence-corrected chi connectivity index (χ1v) is 8.51. The van der Waals surface area contributed by atoms with Crippen LogP contribution in [0.4, 0.5) is 5.69 Å². The molecule has 128 valence electrons. The second-order valence-corrected chi connectivity index (χ2v) is 6.42. The molecule has 1 atom stereocenters. The average Bonchev–Trinajstić information content (AvgIpc) is 2.62. The molecular weight excluding hydrogens is 300 g/mol. The van der Waals surface area contributed by atoms with Crippen LogP contribution in [0.2, 0.25) is 0 Å². The van der Waals surface area contributed by atoms with Crippen LogP contribution in [0.15, 0.2) is 48.5 Å². The zero-order valence-electron chi connectivity index (χ0n) is 14.5. The molecular formula is C20H26N2O2. The minimum Gasteiger partial charge on any atom is -0.497 e. The quantitative estimate of drug-likeness (QED) is 0.916. The lowest BCUT2D eigenvalue weighted by Gasteiger charge is -2.37. The highest BCUT2D eigenvalue weighted by atomic mass is 16.5. The minimum absolute atomic E-state index is 0.457. The van der Waals surface area contributed by atoms with E-state index in [2.05, 4.69) is 41.0 Å². The molecule has 0 bridgehead atoms. The first-order chi connectivity index (χ1) is 11.7. The maximum absolute atomic E-state index is 10.5. The van der Waals surface area contributed by atoms with E-state index < -0.39 is 6.10 Å². The van der Waals surface area contributed by atoms with Crippen molar-refractivity contribution in [3.63, 3.8) is 0 Å². The largest absolute Gasteiger partial charge is 0.497 e. The predicted octanol–water partition coefficient (Wildman–Crippen LogP) is 2.86. The van der Waals surface area contributed by atoms with E-state index in [1.165, 1.54) is 11.3 Å². The van der Waals surface area contributed by atoms with Crippen LogP contribution in [-0.2, 0) is 0 Å². The summed E-state index contributed by atoms with van der Waals surface area (Å²) in [6.45, 7) is 6.75. The maximum atomic E-state index is 10.5. The van der Waals surface area contributed by atoms with Gasteiger partial charge < -0.3 is 14.7 Å². The number of hydrogen-bond acceptors (Lipinski definition) is 4. The van der Waals surface area contributed by atoms with Gasteiger partial charge in [-0.2, -0.15) is 0 Å². The third-order valence-electron chi connectivity index (χ3n) is 4.67. The van der Waals surface area contributed by atoms with Gasteiger partial charge in [0.2, 0.25) is 0 Å². The summed E-state index contributed by atoms with van der Waals surface area (Å²) in [6, 6.07) is 16.3. The fraction of sp³-hybridized carbons (Fsp3) is 0.400. The molecule has 4 nitrogen and oxygen atoms in total. The van der Waals surface area contributed by atoms with Crippen molar-refractivity contribution in [2.24, 2.45) is 0 Å². The van der Waals surface area contributed by atoms with Crippen molar-refractivity contribution in [3.8, 4) is 5.75 Å². The van der Waals surface area contributed by atoms with Gasteiger partial charge in [0.25, 0.3) is 0 Å². The molecule has 0 aromatic heterocycles. The predicted molar refractivity (Wildman–Crippen MR) is 97.8 cm³/mol. The van der Waals surface area contributed by atoms with Crippen molar-refractivity contribution in [1.82, 2.24) is 4.90 Å². The van der Waals surface area contributed by atoms with Crippen molar-refractivity contribution >= 4 is 5.69 Å². The van der Waals surface area contributed by atoms with Gasteiger partial charge in [-0.15, -0.1) is 0 Å². The molecule has 1 saturated heterocycles. The number of aryl methyl sites for hydroxylation is 1. The molecule has 1 fully saturated rings. The molecule has 3 rings (SSSR count). The number of benzene rings is 2. The SMILES string of the molecule is COc1ccc([C@H](O)CN2CCN(c3cccc(C)c3)CC2)cc1. The molecule has 2 aromatic rings. The third-order valence-corrected chi connectivity index (χ3v) is 4.67. The molecule has 0 radical (unpaired) electrons. The summed E-state index contributed by atoms with van der Waals surface area (Å²) in [5, 5.41) is 10.5. The van der Waals surface area contributed by atoms with Gasteiger partial charge in [-0.05, 0) is 42.3 Å². The number of nitrogens with zero attached hydrogens (tertiary/aromatic N) is 2. The zero-order chi connectivity index (χ0) is 16.9. The Kier molecular flexibility index (Phi) is 5.38. The van der Waals surface area contributed by atoms with E-state index in [4.69, 9.17) is 4.74 Å². The Morgan fingerprint density at radius 1 is 1.04 bits per heavy atom. The van der Waals surface area contributed by atoms with E-state index in [-0.39, 0.29) is 0 Å². The molecule has 24 heavy (non-hydrogen) atoms. The van der Waals surface area contributed by atoms with E-state index in [9.17, 15) is 5.11 Å². The summed E-state index contributed by atoms with van der Waals surface area (Å²) < 4.78 is 5.16. The van der Waals surface area contributed by atoms with Crippen LogP contribution in [0, 0.1) is 6.92 Å². The normalized spacial score (nSPS) is 16.9. The van der Waals surface area contributed by atoms with E-state index in [0.29, 0.717) is 6.54 Å². The second kappa shape index (κ2) is 7.69. The summed E-state index contributed by atoms with van der Waals surface area (Å²) >= 11 is 0. The summed E-state index contributed by atoms with van der Waals surface area (Å²) in [7, 11) is 1.65. The van der Waals surface area contributed by atoms with E-state index in [0.717, 1.165) is 37.5 Å². The van der Waals surface area contributed by atoms with Gasteiger partial charge in [0.1, 0.15) is 5.75 Å². The fourth-order valence-corrected chi connectivity index (χ4v) is 3.19. The minimum atomic E-state index is -0.457. The van der Waals surface area contributed by atoms with Crippen molar-refractivity contribution in [3.05, 3.63) is 59.7 Å². The number of anilines is 1. The van der Waals surface area contributed by atoms with E-state index in [1.54, 1.807) is 7.11 Å². The molecule has 0 unspecified atom stereocenters. The van der Waals surface area contributed by atoms with Crippen molar-refractivity contribution in [1.29, 1.82) is 0 Å².